The van der Waals surface area contributed by atoms with E-state index < -0.39 is 17.8 Å². The predicted molar refractivity (Wildman–Crippen MR) is 82.4 cm³/mol. The first-order valence-corrected chi connectivity index (χ1v) is 7.20. The van der Waals surface area contributed by atoms with E-state index in [0.29, 0.717) is 12.8 Å². The average Bonchev–Trinajstić information content (AvgIpc) is 2.81. The number of hydrogen-bond donors (Lipinski definition) is 2. The van der Waals surface area contributed by atoms with Crippen molar-refractivity contribution in [3.8, 4) is 0 Å². The van der Waals surface area contributed by atoms with Gasteiger partial charge in [-0.1, -0.05) is 19.1 Å². The number of benzene rings is 1. The topological polar surface area (TPSA) is 69.6 Å². The Balaban J connectivity index is 2.16. The summed E-state index contributed by atoms with van der Waals surface area (Å²) in [6.07, 6.45) is 1.20. The Morgan fingerprint density at radius 1 is 1.19 bits per heavy atom. The van der Waals surface area contributed by atoms with E-state index in [-0.39, 0.29) is 11.8 Å². The van der Waals surface area contributed by atoms with E-state index in [0.717, 1.165) is 11.4 Å². The largest absolute Gasteiger partial charge is 0.481 e. The second kappa shape index (κ2) is 6.16. The fourth-order valence-corrected chi connectivity index (χ4v) is 3.05. The maximum Gasteiger partial charge on any atom is 0.307 e. The van der Waals surface area contributed by atoms with E-state index in [1.807, 2.05) is 50.2 Å². The molecule has 3 unspecified atom stereocenters. The summed E-state index contributed by atoms with van der Waals surface area (Å²) < 4.78 is 0. The Morgan fingerprint density at radius 2 is 1.81 bits per heavy atom. The van der Waals surface area contributed by atoms with Crippen molar-refractivity contribution in [2.75, 3.05) is 24.3 Å². The van der Waals surface area contributed by atoms with Gasteiger partial charge in [0.1, 0.15) is 0 Å². The van der Waals surface area contributed by atoms with Crippen LogP contribution in [0.1, 0.15) is 19.8 Å². The molecule has 5 heteroatoms. The lowest BCUT2D eigenvalue weighted by Gasteiger charge is -2.20. The zero-order chi connectivity index (χ0) is 15.6. The molecule has 0 aliphatic heterocycles. The maximum atomic E-state index is 12.5. The standard InChI is InChI=1S/C16H22N2O3/c1-10-8-11(12(9-10)16(20)21)15(19)17-13-6-4-5-7-14(13)18(2)3/h4-7,10-12H,8-9H2,1-3H3,(H,17,19)(H,20,21). The number of carboxylic acids is 1. The van der Waals surface area contributed by atoms with E-state index in [1.165, 1.54) is 0 Å². The smallest absolute Gasteiger partial charge is 0.307 e. The molecule has 21 heavy (non-hydrogen) atoms. The first-order valence-electron chi connectivity index (χ1n) is 7.20. The van der Waals surface area contributed by atoms with Crippen molar-refractivity contribution in [3.05, 3.63) is 24.3 Å². The van der Waals surface area contributed by atoms with Gasteiger partial charge in [0.25, 0.3) is 0 Å². The van der Waals surface area contributed by atoms with Gasteiger partial charge in [-0.05, 0) is 30.9 Å². The number of para-hydroxylation sites is 2. The van der Waals surface area contributed by atoms with Crippen LogP contribution in [0.4, 0.5) is 11.4 Å². The van der Waals surface area contributed by atoms with Crippen molar-refractivity contribution >= 4 is 23.3 Å². The van der Waals surface area contributed by atoms with Crippen LogP contribution in [-0.2, 0) is 9.59 Å². The monoisotopic (exact) mass is 290 g/mol. The molecule has 0 radical (unpaired) electrons. The van der Waals surface area contributed by atoms with Gasteiger partial charge in [-0.3, -0.25) is 9.59 Å². The molecule has 0 aromatic heterocycles. The number of aliphatic carboxylic acids is 1. The molecule has 1 fully saturated rings. The molecule has 5 nitrogen and oxygen atoms in total. The van der Waals surface area contributed by atoms with Crippen LogP contribution in [0, 0.1) is 17.8 Å². The second-order valence-electron chi connectivity index (χ2n) is 6.03. The van der Waals surface area contributed by atoms with Crippen molar-refractivity contribution in [1.29, 1.82) is 0 Å². The van der Waals surface area contributed by atoms with Crippen molar-refractivity contribution in [2.24, 2.45) is 17.8 Å². The van der Waals surface area contributed by atoms with Gasteiger partial charge in [0.2, 0.25) is 5.91 Å². The zero-order valence-corrected chi connectivity index (χ0v) is 12.7. The molecule has 3 atom stereocenters. The third kappa shape index (κ3) is 3.35. The lowest BCUT2D eigenvalue weighted by molar-refractivity contribution is -0.145. The number of hydrogen-bond acceptors (Lipinski definition) is 3. The van der Waals surface area contributed by atoms with Gasteiger partial charge in [-0.25, -0.2) is 0 Å². The van der Waals surface area contributed by atoms with E-state index in [2.05, 4.69) is 5.32 Å². The Hall–Kier alpha value is -2.04. The molecule has 0 heterocycles. The summed E-state index contributed by atoms with van der Waals surface area (Å²) >= 11 is 0. The first-order chi connectivity index (χ1) is 9.90. The normalized spacial score (nSPS) is 24.6. The summed E-state index contributed by atoms with van der Waals surface area (Å²) in [4.78, 5) is 25.7. The number of carboxylic acid groups (broad SMARTS) is 1. The number of rotatable bonds is 4. The summed E-state index contributed by atoms with van der Waals surface area (Å²) in [5.74, 6) is -1.83. The second-order valence-corrected chi connectivity index (χ2v) is 6.03. The summed E-state index contributed by atoms with van der Waals surface area (Å²) in [6.45, 7) is 2.00. The number of nitrogens with one attached hydrogen (secondary N) is 1. The van der Waals surface area contributed by atoms with E-state index >= 15 is 0 Å². The molecule has 1 aliphatic carbocycles. The highest BCUT2D eigenvalue weighted by molar-refractivity contribution is 5.98. The SMILES string of the molecule is CC1CC(C(=O)O)C(C(=O)Nc2ccccc2N(C)C)C1. The lowest BCUT2D eigenvalue weighted by atomic mass is 9.95. The van der Waals surface area contributed by atoms with Crippen LogP contribution in [0.25, 0.3) is 0 Å². The van der Waals surface area contributed by atoms with E-state index in [4.69, 9.17) is 0 Å². The van der Waals surface area contributed by atoms with Gasteiger partial charge in [-0.2, -0.15) is 0 Å². The molecule has 0 spiro atoms. The van der Waals surface area contributed by atoms with Gasteiger partial charge in [0, 0.05) is 14.1 Å². The minimum absolute atomic E-state index is 0.193. The lowest BCUT2D eigenvalue weighted by Crippen LogP contribution is -2.30. The van der Waals surface area contributed by atoms with E-state index in [9.17, 15) is 14.7 Å². The molecule has 1 aliphatic rings. The predicted octanol–water partition coefficient (Wildman–Crippen LogP) is 2.44. The third-order valence-electron chi connectivity index (χ3n) is 4.10. The Kier molecular flexibility index (Phi) is 4.50. The van der Waals surface area contributed by atoms with Gasteiger partial charge >= 0.3 is 5.97 Å². The highest BCUT2D eigenvalue weighted by Crippen LogP contribution is 2.37. The number of carbonyl (C=O) groups is 2. The van der Waals surface area contributed by atoms with Crippen LogP contribution >= 0.6 is 0 Å². The van der Waals surface area contributed by atoms with Crippen LogP contribution in [-0.4, -0.2) is 31.1 Å². The van der Waals surface area contributed by atoms with E-state index in [1.54, 1.807) is 0 Å². The molecule has 1 saturated carbocycles. The molecule has 2 rings (SSSR count). The molecule has 1 amide bonds. The Morgan fingerprint density at radius 3 is 2.43 bits per heavy atom. The van der Waals surface area contributed by atoms with Gasteiger partial charge < -0.3 is 15.3 Å². The third-order valence-corrected chi connectivity index (χ3v) is 4.10. The highest BCUT2D eigenvalue weighted by atomic mass is 16.4. The quantitative estimate of drug-likeness (QED) is 0.893. The highest BCUT2D eigenvalue weighted by Gasteiger charge is 2.41. The minimum Gasteiger partial charge on any atom is -0.481 e. The van der Waals surface area contributed by atoms with Crippen LogP contribution in [0.5, 0.6) is 0 Å². The fourth-order valence-electron chi connectivity index (χ4n) is 3.05. The van der Waals surface area contributed by atoms with Crippen molar-refractivity contribution in [1.82, 2.24) is 0 Å². The number of amides is 1. The van der Waals surface area contributed by atoms with Crippen LogP contribution in [0.3, 0.4) is 0 Å². The molecule has 2 N–H and O–H groups in total. The van der Waals surface area contributed by atoms with Gasteiger partial charge in [0.15, 0.2) is 0 Å². The van der Waals surface area contributed by atoms with Crippen molar-refractivity contribution < 1.29 is 14.7 Å². The van der Waals surface area contributed by atoms with Crippen LogP contribution in [0.2, 0.25) is 0 Å². The molecule has 0 bridgehead atoms. The Labute approximate surface area is 125 Å². The molecular weight excluding hydrogens is 268 g/mol. The molecule has 0 saturated heterocycles. The maximum absolute atomic E-state index is 12.5. The molecular formula is C16H22N2O3. The van der Waals surface area contributed by atoms with Crippen LogP contribution < -0.4 is 10.2 Å². The number of nitrogens with zero attached hydrogens (tertiary/aromatic N) is 1. The number of carbonyl (C=O) groups excluding carboxylic acids is 1. The summed E-state index contributed by atoms with van der Waals surface area (Å²) in [5, 5.41) is 12.2. The van der Waals surface area contributed by atoms with Crippen LogP contribution in [0.15, 0.2) is 24.3 Å². The molecule has 1 aromatic rings. The fraction of sp³-hybridized carbons (Fsp3) is 0.500. The summed E-state index contributed by atoms with van der Waals surface area (Å²) in [6, 6.07) is 7.51. The summed E-state index contributed by atoms with van der Waals surface area (Å²) in [7, 11) is 3.81. The molecule has 114 valence electrons. The van der Waals surface area contributed by atoms with Gasteiger partial charge in [-0.15, -0.1) is 0 Å². The number of anilines is 2. The van der Waals surface area contributed by atoms with Crippen molar-refractivity contribution in [2.45, 2.75) is 19.8 Å². The minimum atomic E-state index is -0.875. The zero-order valence-electron chi connectivity index (χ0n) is 12.7. The molecule has 1 aromatic carbocycles. The van der Waals surface area contributed by atoms with Gasteiger partial charge in [0.05, 0.1) is 23.2 Å². The summed E-state index contributed by atoms with van der Waals surface area (Å²) in [5.41, 5.74) is 1.62. The first kappa shape index (κ1) is 15.4. The Bertz CT molecular complexity index is 542. The average molecular weight is 290 g/mol. The van der Waals surface area contributed by atoms with Crippen molar-refractivity contribution in [3.63, 3.8) is 0 Å².